The molecular weight excluding hydrogens is 538 g/mol. The zero-order valence-electron chi connectivity index (χ0n) is 21.4. The second kappa shape index (κ2) is 11.8. The number of tetrazole rings is 1. The van der Waals surface area contributed by atoms with Gasteiger partial charge in [0.15, 0.2) is 6.29 Å². The van der Waals surface area contributed by atoms with E-state index in [2.05, 4.69) is 27.2 Å². The first kappa shape index (κ1) is 27.3. The number of ether oxygens (including phenoxy) is 2. The lowest BCUT2D eigenvalue weighted by Gasteiger charge is -2.41. The van der Waals surface area contributed by atoms with Crippen LogP contribution in [0.4, 0.5) is 5.69 Å². The lowest BCUT2D eigenvalue weighted by atomic mass is 9.91. The molecule has 39 heavy (non-hydrogen) atoms. The molecule has 0 aliphatic carbocycles. The first-order chi connectivity index (χ1) is 18.8. The molecule has 0 bridgehead atoms. The minimum absolute atomic E-state index is 0.0188. The van der Waals surface area contributed by atoms with Gasteiger partial charge in [-0.05, 0) is 45.8 Å². The summed E-state index contributed by atoms with van der Waals surface area (Å²) < 4.78 is 43.0. The molecular formula is C27H29N5O5S2. The highest BCUT2D eigenvalue weighted by Crippen LogP contribution is 2.43. The zero-order valence-corrected chi connectivity index (χ0v) is 23.0. The summed E-state index contributed by atoms with van der Waals surface area (Å²) in [6, 6.07) is 22.9. The summed E-state index contributed by atoms with van der Waals surface area (Å²) in [6.45, 7) is 2.04. The van der Waals surface area contributed by atoms with Gasteiger partial charge in [-0.2, -0.15) is 0 Å². The third-order valence-corrected chi connectivity index (χ3v) is 9.04. The van der Waals surface area contributed by atoms with Gasteiger partial charge in [0.05, 0.1) is 23.7 Å². The van der Waals surface area contributed by atoms with E-state index in [0.717, 1.165) is 11.1 Å². The van der Waals surface area contributed by atoms with E-state index < -0.39 is 16.3 Å². The average Bonchev–Trinajstić information content (AvgIpc) is 3.37. The molecule has 3 aromatic carbocycles. The topological polar surface area (TPSA) is 128 Å². The van der Waals surface area contributed by atoms with Gasteiger partial charge < -0.3 is 14.6 Å². The Bertz CT molecular complexity index is 1500. The fraction of sp³-hybridized carbons (Fsp3) is 0.296. The molecule has 5 rings (SSSR count). The lowest BCUT2D eigenvalue weighted by Crippen LogP contribution is -2.38. The van der Waals surface area contributed by atoms with E-state index in [1.807, 2.05) is 30.3 Å². The van der Waals surface area contributed by atoms with Crippen LogP contribution in [-0.4, -0.2) is 45.6 Å². The van der Waals surface area contributed by atoms with Crippen LogP contribution in [0.15, 0.2) is 88.9 Å². The molecule has 4 aromatic rings. The normalized spacial score (nSPS) is 21.5. The predicted octanol–water partition coefficient (Wildman–Crippen LogP) is 4.09. The highest BCUT2D eigenvalue weighted by Gasteiger charge is 2.38. The standard InChI is InChI=1S/C27H29N5O5S2/c1-18-24(17-38-27-28-30-31-32(27)2)36-26(37-25(18)20-13-11-19(16-33)12-14-20)21-7-6-8-22(15-21)29-39(34,35)23-9-4-3-5-10-23/h3-15,18,24-26,29,33H,16-17H2,1-2H3. The second-order valence-electron chi connectivity index (χ2n) is 9.26. The van der Waals surface area contributed by atoms with Gasteiger partial charge in [0.2, 0.25) is 5.16 Å². The molecule has 1 aliphatic rings. The Morgan fingerprint density at radius 2 is 1.77 bits per heavy atom. The number of anilines is 1. The molecule has 2 N–H and O–H groups in total. The Labute approximate surface area is 231 Å². The molecule has 4 atom stereocenters. The molecule has 0 saturated carbocycles. The minimum Gasteiger partial charge on any atom is -0.392 e. The van der Waals surface area contributed by atoms with Crippen LogP contribution in [0.25, 0.3) is 0 Å². The average molecular weight is 568 g/mol. The monoisotopic (exact) mass is 567 g/mol. The molecule has 12 heteroatoms. The smallest absolute Gasteiger partial charge is 0.261 e. The number of benzene rings is 3. The number of sulfonamides is 1. The maximum Gasteiger partial charge on any atom is 0.261 e. The van der Waals surface area contributed by atoms with Crippen molar-refractivity contribution in [3.05, 3.63) is 95.6 Å². The van der Waals surface area contributed by atoms with Crippen LogP contribution < -0.4 is 4.72 Å². The lowest BCUT2D eigenvalue weighted by molar-refractivity contribution is -0.268. The van der Waals surface area contributed by atoms with E-state index in [4.69, 9.17) is 9.47 Å². The van der Waals surface area contributed by atoms with Crippen molar-refractivity contribution < 1.29 is 23.0 Å². The fourth-order valence-electron chi connectivity index (χ4n) is 4.37. The van der Waals surface area contributed by atoms with E-state index >= 15 is 0 Å². The number of aliphatic hydroxyl groups is 1. The molecule has 1 aliphatic heterocycles. The van der Waals surface area contributed by atoms with Gasteiger partial charge in [-0.1, -0.05) is 73.3 Å². The number of hydrogen-bond donors (Lipinski definition) is 2. The molecule has 2 heterocycles. The maximum atomic E-state index is 12.9. The SMILES string of the molecule is CC1C(CSc2nnnn2C)OC(c2cccc(NS(=O)(=O)c3ccccc3)c2)OC1c1ccc(CO)cc1. The number of hydrogen-bond acceptors (Lipinski definition) is 9. The third kappa shape index (κ3) is 6.31. The Kier molecular flexibility index (Phi) is 8.29. The van der Waals surface area contributed by atoms with Crippen molar-refractivity contribution in [2.75, 3.05) is 10.5 Å². The number of nitrogens with one attached hydrogen (secondary N) is 1. The van der Waals surface area contributed by atoms with E-state index in [0.29, 0.717) is 22.2 Å². The van der Waals surface area contributed by atoms with Crippen molar-refractivity contribution in [3.63, 3.8) is 0 Å². The van der Waals surface area contributed by atoms with Crippen molar-refractivity contribution in [1.29, 1.82) is 0 Å². The molecule has 4 unspecified atom stereocenters. The molecule has 1 aromatic heterocycles. The van der Waals surface area contributed by atoms with Gasteiger partial charge in [0.25, 0.3) is 10.0 Å². The van der Waals surface area contributed by atoms with Gasteiger partial charge >= 0.3 is 0 Å². The highest BCUT2D eigenvalue weighted by atomic mass is 32.2. The summed E-state index contributed by atoms with van der Waals surface area (Å²) in [5, 5.41) is 21.8. The molecule has 0 amide bonds. The summed E-state index contributed by atoms with van der Waals surface area (Å²) >= 11 is 1.49. The van der Waals surface area contributed by atoms with Crippen molar-refractivity contribution >= 4 is 27.5 Å². The summed E-state index contributed by atoms with van der Waals surface area (Å²) in [5.41, 5.74) is 2.86. The first-order valence-electron chi connectivity index (χ1n) is 12.4. The maximum absolute atomic E-state index is 12.9. The van der Waals surface area contributed by atoms with Gasteiger partial charge in [0.1, 0.15) is 0 Å². The molecule has 204 valence electrons. The van der Waals surface area contributed by atoms with Gasteiger partial charge in [-0.15, -0.1) is 5.10 Å². The quantitative estimate of drug-likeness (QED) is 0.287. The minimum atomic E-state index is -3.76. The van der Waals surface area contributed by atoms with E-state index in [1.54, 1.807) is 60.3 Å². The molecule has 0 spiro atoms. The number of aryl methyl sites for hydroxylation is 1. The summed E-state index contributed by atoms with van der Waals surface area (Å²) in [4.78, 5) is 0.177. The Balaban J connectivity index is 1.41. The second-order valence-corrected chi connectivity index (χ2v) is 11.9. The first-order valence-corrected chi connectivity index (χ1v) is 14.8. The molecule has 1 fully saturated rings. The van der Waals surface area contributed by atoms with Crippen LogP contribution in [0.1, 0.15) is 36.0 Å². The van der Waals surface area contributed by atoms with Crippen LogP contribution in [0.5, 0.6) is 0 Å². The van der Waals surface area contributed by atoms with Crippen molar-refractivity contribution in [2.24, 2.45) is 13.0 Å². The van der Waals surface area contributed by atoms with Crippen molar-refractivity contribution in [3.8, 4) is 0 Å². The Morgan fingerprint density at radius 3 is 2.46 bits per heavy atom. The zero-order chi connectivity index (χ0) is 27.4. The summed E-state index contributed by atoms with van der Waals surface area (Å²) in [7, 11) is -1.97. The van der Waals surface area contributed by atoms with Crippen LogP contribution in [0.2, 0.25) is 0 Å². The largest absolute Gasteiger partial charge is 0.392 e. The molecule has 0 radical (unpaired) electrons. The number of aromatic nitrogens is 4. The van der Waals surface area contributed by atoms with Crippen molar-refractivity contribution in [2.45, 2.75) is 42.1 Å². The van der Waals surface area contributed by atoms with Crippen LogP contribution >= 0.6 is 11.8 Å². The van der Waals surface area contributed by atoms with Gasteiger partial charge in [-0.25, -0.2) is 13.1 Å². The van der Waals surface area contributed by atoms with Crippen molar-refractivity contribution in [1.82, 2.24) is 20.2 Å². The molecule has 10 nitrogen and oxygen atoms in total. The molecule has 1 saturated heterocycles. The van der Waals surface area contributed by atoms with Gasteiger partial charge in [0, 0.05) is 30.0 Å². The van der Waals surface area contributed by atoms with Crippen LogP contribution in [0, 0.1) is 5.92 Å². The van der Waals surface area contributed by atoms with Crippen LogP contribution in [-0.2, 0) is 33.2 Å². The Morgan fingerprint density at radius 1 is 1.00 bits per heavy atom. The van der Waals surface area contributed by atoms with E-state index in [-0.39, 0.29) is 29.6 Å². The number of rotatable bonds is 9. The summed E-state index contributed by atoms with van der Waals surface area (Å²) in [6.07, 6.45) is -1.27. The number of thioether (sulfide) groups is 1. The van der Waals surface area contributed by atoms with Gasteiger partial charge in [-0.3, -0.25) is 4.72 Å². The Hall–Kier alpha value is -3.29. The van der Waals surface area contributed by atoms with E-state index in [1.165, 1.54) is 11.8 Å². The van der Waals surface area contributed by atoms with Crippen LogP contribution in [0.3, 0.4) is 0 Å². The van der Waals surface area contributed by atoms with E-state index in [9.17, 15) is 13.5 Å². The summed E-state index contributed by atoms with van der Waals surface area (Å²) in [5.74, 6) is 0.565. The predicted molar refractivity (Wildman–Crippen MR) is 146 cm³/mol. The third-order valence-electron chi connectivity index (χ3n) is 6.55. The fourth-order valence-corrected chi connectivity index (χ4v) is 6.46. The number of aliphatic hydroxyl groups excluding tert-OH is 1. The highest BCUT2D eigenvalue weighted by molar-refractivity contribution is 7.99. The number of nitrogens with zero attached hydrogens (tertiary/aromatic N) is 4.